The van der Waals surface area contributed by atoms with Crippen molar-refractivity contribution in [3.8, 4) is 22.7 Å². The molecule has 0 saturated carbocycles. The number of rotatable bonds is 6. The quantitative estimate of drug-likeness (QED) is 0.605. The van der Waals surface area contributed by atoms with Crippen LogP contribution in [0.25, 0.3) is 22.7 Å². The van der Waals surface area contributed by atoms with E-state index in [1.54, 1.807) is 30.5 Å². The molecule has 4 rings (SSSR count). The first-order valence-corrected chi connectivity index (χ1v) is 10.3. The smallest absolute Gasteiger partial charge is 0.224 e. The van der Waals surface area contributed by atoms with Crippen molar-refractivity contribution in [3.05, 3.63) is 52.6 Å². The van der Waals surface area contributed by atoms with E-state index >= 15 is 0 Å². The fourth-order valence-electron chi connectivity index (χ4n) is 3.27. The summed E-state index contributed by atoms with van der Waals surface area (Å²) < 4.78 is 10.8. The molecule has 1 fully saturated rings. The number of hydrogen-bond acceptors (Lipinski definition) is 6. The van der Waals surface area contributed by atoms with Crippen LogP contribution < -0.4 is 5.32 Å². The third kappa shape index (κ3) is 4.59. The fraction of sp³-hybridized carbons (Fsp3) is 0.286. The molecule has 1 N–H and O–H groups in total. The number of benzene rings is 1. The van der Waals surface area contributed by atoms with Crippen LogP contribution in [0, 0.1) is 0 Å². The topological polar surface area (TPSA) is 80.5 Å². The number of aromatic nitrogens is 2. The standard InChI is InChI=1S/C21H20Cl2N4O3/c22-14-3-1-4-15(23)20(14)17-13-18(30-26-17)21-16(5-2-7-25-21)24-8-6-19(28)27-9-11-29-12-10-27/h1-5,7,13,24H,6,8-12H2. The monoisotopic (exact) mass is 446 g/mol. The van der Waals surface area contributed by atoms with Crippen LogP contribution in [0.5, 0.6) is 0 Å². The average Bonchev–Trinajstić information content (AvgIpc) is 3.24. The first-order valence-electron chi connectivity index (χ1n) is 9.59. The van der Waals surface area contributed by atoms with Crippen LogP contribution in [-0.2, 0) is 9.53 Å². The molecule has 3 heterocycles. The number of anilines is 1. The summed E-state index contributed by atoms with van der Waals surface area (Å²) in [6.07, 6.45) is 2.05. The summed E-state index contributed by atoms with van der Waals surface area (Å²) in [6.45, 7) is 2.95. The molecule has 0 unspecified atom stereocenters. The van der Waals surface area contributed by atoms with E-state index in [4.69, 9.17) is 32.5 Å². The zero-order valence-electron chi connectivity index (χ0n) is 16.1. The summed E-state index contributed by atoms with van der Waals surface area (Å²) in [6, 6.07) is 10.7. The summed E-state index contributed by atoms with van der Waals surface area (Å²) in [7, 11) is 0. The van der Waals surface area contributed by atoms with E-state index < -0.39 is 0 Å². The SMILES string of the molecule is O=C(CCNc1cccnc1-c1cc(-c2c(Cl)cccc2Cl)no1)N1CCOCC1. The Morgan fingerprint density at radius 3 is 2.67 bits per heavy atom. The third-order valence-corrected chi connectivity index (χ3v) is 5.42. The molecule has 1 saturated heterocycles. The zero-order valence-corrected chi connectivity index (χ0v) is 17.6. The molecule has 3 aromatic rings. The van der Waals surface area contributed by atoms with Gasteiger partial charge in [-0.25, -0.2) is 0 Å². The lowest BCUT2D eigenvalue weighted by atomic mass is 10.1. The number of pyridine rings is 1. The van der Waals surface area contributed by atoms with Gasteiger partial charge in [0.15, 0.2) is 5.76 Å². The summed E-state index contributed by atoms with van der Waals surface area (Å²) in [5, 5.41) is 8.36. The van der Waals surface area contributed by atoms with E-state index in [1.165, 1.54) is 0 Å². The van der Waals surface area contributed by atoms with Crippen molar-refractivity contribution in [2.24, 2.45) is 0 Å². The molecule has 156 valence electrons. The lowest BCUT2D eigenvalue weighted by Gasteiger charge is -2.27. The second-order valence-corrected chi connectivity index (χ2v) is 7.56. The lowest BCUT2D eigenvalue weighted by Crippen LogP contribution is -2.41. The molecule has 7 nitrogen and oxygen atoms in total. The second kappa shape index (κ2) is 9.47. The van der Waals surface area contributed by atoms with Crippen molar-refractivity contribution in [1.29, 1.82) is 0 Å². The molecule has 2 aromatic heterocycles. The van der Waals surface area contributed by atoms with Crippen LogP contribution in [0.3, 0.4) is 0 Å². The lowest BCUT2D eigenvalue weighted by molar-refractivity contribution is -0.134. The molecule has 0 bridgehead atoms. The van der Waals surface area contributed by atoms with Crippen molar-refractivity contribution in [1.82, 2.24) is 15.0 Å². The molecule has 1 aliphatic rings. The highest BCUT2D eigenvalue weighted by Gasteiger charge is 2.19. The van der Waals surface area contributed by atoms with Gasteiger partial charge < -0.3 is 19.5 Å². The van der Waals surface area contributed by atoms with Gasteiger partial charge in [-0.3, -0.25) is 9.78 Å². The Morgan fingerprint density at radius 2 is 1.90 bits per heavy atom. The van der Waals surface area contributed by atoms with E-state index in [1.807, 2.05) is 17.0 Å². The minimum Gasteiger partial charge on any atom is -0.383 e. The van der Waals surface area contributed by atoms with Crippen LogP contribution in [0.15, 0.2) is 47.1 Å². The fourth-order valence-corrected chi connectivity index (χ4v) is 3.86. The molecular weight excluding hydrogens is 427 g/mol. The van der Waals surface area contributed by atoms with Crippen molar-refractivity contribution >= 4 is 34.8 Å². The number of amides is 1. The molecule has 1 aliphatic heterocycles. The summed E-state index contributed by atoms with van der Waals surface area (Å²) >= 11 is 12.5. The van der Waals surface area contributed by atoms with Gasteiger partial charge in [0.1, 0.15) is 11.4 Å². The van der Waals surface area contributed by atoms with E-state index in [-0.39, 0.29) is 5.91 Å². The highest BCUT2D eigenvalue weighted by Crippen LogP contribution is 2.36. The molecule has 0 atom stereocenters. The molecule has 0 radical (unpaired) electrons. The summed E-state index contributed by atoms with van der Waals surface area (Å²) in [5.74, 6) is 0.579. The number of hydrogen-bond donors (Lipinski definition) is 1. The number of nitrogens with one attached hydrogen (secondary N) is 1. The van der Waals surface area contributed by atoms with Crippen LogP contribution in [0.1, 0.15) is 6.42 Å². The van der Waals surface area contributed by atoms with Gasteiger partial charge in [0.2, 0.25) is 5.91 Å². The van der Waals surface area contributed by atoms with Crippen molar-refractivity contribution < 1.29 is 14.1 Å². The molecule has 0 spiro atoms. The average molecular weight is 447 g/mol. The van der Waals surface area contributed by atoms with Crippen LogP contribution in [0.2, 0.25) is 10.0 Å². The number of carbonyl (C=O) groups is 1. The Labute approximate surface area is 183 Å². The van der Waals surface area contributed by atoms with Crippen LogP contribution >= 0.6 is 23.2 Å². The normalized spacial score (nSPS) is 14.0. The van der Waals surface area contributed by atoms with Crippen molar-refractivity contribution in [2.45, 2.75) is 6.42 Å². The predicted molar refractivity (Wildman–Crippen MR) is 116 cm³/mol. The van der Waals surface area contributed by atoms with Crippen LogP contribution in [-0.4, -0.2) is 53.8 Å². The summed E-state index contributed by atoms with van der Waals surface area (Å²) in [5.41, 5.74) is 2.48. The van der Waals surface area contributed by atoms with Gasteiger partial charge in [-0.2, -0.15) is 0 Å². The van der Waals surface area contributed by atoms with E-state index in [0.29, 0.717) is 72.0 Å². The first kappa shape index (κ1) is 20.7. The maximum atomic E-state index is 12.3. The largest absolute Gasteiger partial charge is 0.383 e. The maximum Gasteiger partial charge on any atom is 0.224 e. The van der Waals surface area contributed by atoms with Gasteiger partial charge in [0.25, 0.3) is 0 Å². The van der Waals surface area contributed by atoms with Gasteiger partial charge >= 0.3 is 0 Å². The first-order chi connectivity index (χ1) is 14.6. The molecule has 0 aliphatic carbocycles. The number of carbonyl (C=O) groups excluding carboxylic acids is 1. The van der Waals surface area contributed by atoms with Gasteiger partial charge in [-0.05, 0) is 24.3 Å². The minimum atomic E-state index is 0.103. The summed E-state index contributed by atoms with van der Waals surface area (Å²) in [4.78, 5) is 18.6. The van der Waals surface area contributed by atoms with E-state index in [0.717, 1.165) is 5.69 Å². The molecule has 1 aromatic carbocycles. The zero-order chi connectivity index (χ0) is 20.9. The molecule has 9 heteroatoms. The second-order valence-electron chi connectivity index (χ2n) is 6.74. The highest BCUT2D eigenvalue weighted by atomic mass is 35.5. The Balaban J connectivity index is 1.47. The number of nitrogens with zero attached hydrogens (tertiary/aromatic N) is 3. The number of halogens is 2. The maximum absolute atomic E-state index is 12.3. The van der Waals surface area contributed by atoms with E-state index in [2.05, 4.69) is 15.5 Å². The number of ether oxygens (including phenoxy) is 1. The Bertz CT molecular complexity index is 1010. The highest BCUT2D eigenvalue weighted by molar-refractivity contribution is 6.39. The number of morpholine rings is 1. The van der Waals surface area contributed by atoms with Crippen molar-refractivity contribution in [2.75, 3.05) is 38.2 Å². The van der Waals surface area contributed by atoms with E-state index in [9.17, 15) is 4.79 Å². The third-order valence-electron chi connectivity index (χ3n) is 4.79. The van der Waals surface area contributed by atoms with Gasteiger partial charge in [-0.1, -0.05) is 34.4 Å². The van der Waals surface area contributed by atoms with Crippen LogP contribution in [0.4, 0.5) is 5.69 Å². The van der Waals surface area contributed by atoms with Gasteiger partial charge in [0, 0.05) is 43.9 Å². The van der Waals surface area contributed by atoms with Gasteiger partial charge in [0.05, 0.1) is 28.9 Å². The Morgan fingerprint density at radius 1 is 1.13 bits per heavy atom. The molecular formula is C21H20Cl2N4O3. The molecule has 30 heavy (non-hydrogen) atoms. The minimum absolute atomic E-state index is 0.103. The predicted octanol–water partition coefficient (Wildman–Crippen LogP) is 4.37. The Kier molecular flexibility index (Phi) is 6.52. The Hall–Kier alpha value is -2.61. The van der Waals surface area contributed by atoms with Gasteiger partial charge in [-0.15, -0.1) is 0 Å². The van der Waals surface area contributed by atoms with Crippen molar-refractivity contribution in [3.63, 3.8) is 0 Å². The molecule has 1 amide bonds.